The Balaban J connectivity index is 2.06. The Bertz CT molecular complexity index is 515. The van der Waals surface area contributed by atoms with E-state index < -0.39 is 7.32 Å². The standard InChI is InChI=1S/C11H13BN2O4/c1-17-11-4-2-3-9(8-11)7-10-5-6-14(13-10)18-12(15)16/h2-6,8,15-16H,7H2,1H3. The van der Waals surface area contributed by atoms with Gasteiger partial charge in [0.15, 0.2) is 0 Å². The fourth-order valence-electron chi connectivity index (χ4n) is 1.58. The number of nitrogens with zero attached hydrogens (tertiary/aromatic N) is 2. The molecule has 0 unspecified atom stereocenters. The first-order valence-electron chi connectivity index (χ1n) is 5.38. The van der Waals surface area contributed by atoms with Gasteiger partial charge in [-0.15, -0.1) is 9.94 Å². The fourth-order valence-corrected chi connectivity index (χ4v) is 1.58. The highest BCUT2D eigenvalue weighted by Crippen LogP contribution is 2.15. The third-order valence-electron chi connectivity index (χ3n) is 2.34. The summed E-state index contributed by atoms with van der Waals surface area (Å²) in [6.07, 6.45) is 2.12. The van der Waals surface area contributed by atoms with Crippen molar-refractivity contribution in [1.82, 2.24) is 9.94 Å². The summed E-state index contributed by atoms with van der Waals surface area (Å²) in [4.78, 5) is 1.01. The Morgan fingerprint density at radius 3 is 2.89 bits per heavy atom. The van der Waals surface area contributed by atoms with E-state index in [-0.39, 0.29) is 0 Å². The van der Waals surface area contributed by atoms with E-state index in [0.717, 1.165) is 21.9 Å². The molecule has 1 aromatic heterocycles. The van der Waals surface area contributed by atoms with Gasteiger partial charge >= 0.3 is 7.32 Å². The van der Waals surface area contributed by atoms with Crippen LogP contribution < -0.4 is 9.49 Å². The molecule has 2 rings (SSSR count). The molecule has 18 heavy (non-hydrogen) atoms. The van der Waals surface area contributed by atoms with E-state index in [1.165, 1.54) is 6.20 Å². The van der Waals surface area contributed by atoms with Gasteiger partial charge in [-0.25, -0.2) is 0 Å². The SMILES string of the molecule is COc1cccc(Cc2ccn(OB(O)O)n2)c1. The third kappa shape index (κ3) is 3.25. The van der Waals surface area contributed by atoms with Crippen LogP contribution in [0.25, 0.3) is 0 Å². The molecule has 0 atom stereocenters. The average Bonchev–Trinajstić information content (AvgIpc) is 2.76. The topological polar surface area (TPSA) is 76.7 Å². The van der Waals surface area contributed by atoms with Gasteiger partial charge in [0.25, 0.3) is 0 Å². The molecule has 94 valence electrons. The largest absolute Gasteiger partial charge is 0.729 e. The lowest BCUT2D eigenvalue weighted by molar-refractivity contribution is 0.140. The van der Waals surface area contributed by atoms with Gasteiger partial charge in [-0.3, -0.25) is 0 Å². The van der Waals surface area contributed by atoms with Crippen LogP contribution in [0.3, 0.4) is 0 Å². The molecule has 0 spiro atoms. The van der Waals surface area contributed by atoms with Gasteiger partial charge in [0.05, 0.1) is 19.0 Å². The van der Waals surface area contributed by atoms with Crippen LogP contribution in [0.15, 0.2) is 36.5 Å². The molecule has 1 heterocycles. The van der Waals surface area contributed by atoms with E-state index >= 15 is 0 Å². The number of methoxy groups -OCH3 is 1. The van der Waals surface area contributed by atoms with E-state index in [9.17, 15) is 0 Å². The molecule has 0 amide bonds. The molecule has 7 heteroatoms. The van der Waals surface area contributed by atoms with Gasteiger partial charge in [-0.2, -0.15) is 0 Å². The number of rotatable bonds is 5. The number of benzene rings is 1. The maximum Gasteiger partial charge on any atom is 0.729 e. The minimum absolute atomic E-state index is 0.606. The van der Waals surface area contributed by atoms with E-state index in [2.05, 4.69) is 9.85 Å². The summed E-state index contributed by atoms with van der Waals surface area (Å²) < 4.78 is 9.70. The second-order valence-corrected chi connectivity index (χ2v) is 3.67. The summed E-state index contributed by atoms with van der Waals surface area (Å²) >= 11 is 0. The van der Waals surface area contributed by atoms with Crippen LogP contribution in [0, 0.1) is 0 Å². The zero-order valence-electron chi connectivity index (χ0n) is 9.85. The molecule has 6 nitrogen and oxygen atoms in total. The van der Waals surface area contributed by atoms with Crippen molar-refractivity contribution in [3.05, 3.63) is 47.8 Å². The van der Waals surface area contributed by atoms with Gasteiger partial charge in [0.1, 0.15) is 5.75 Å². The maximum absolute atomic E-state index is 8.63. The molecule has 2 N–H and O–H groups in total. The van der Waals surface area contributed by atoms with Gasteiger partial charge in [-0.05, 0) is 23.8 Å². The lowest BCUT2D eigenvalue weighted by atomic mass is 10.1. The van der Waals surface area contributed by atoms with Crippen molar-refractivity contribution in [1.29, 1.82) is 0 Å². The van der Waals surface area contributed by atoms with Crippen molar-refractivity contribution in [3.8, 4) is 5.75 Å². The van der Waals surface area contributed by atoms with Crippen LogP contribution >= 0.6 is 0 Å². The quantitative estimate of drug-likeness (QED) is 0.721. The predicted molar refractivity (Wildman–Crippen MR) is 64.8 cm³/mol. The van der Waals surface area contributed by atoms with Gasteiger partial charge in [0.2, 0.25) is 0 Å². The third-order valence-corrected chi connectivity index (χ3v) is 2.34. The second kappa shape index (κ2) is 5.57. The first-order valence-corrected chi connectivity index (χ1v) is 5.38. The smallest absolute Gasteiger partial charge is 0.497 e. The van der Waals surface area contributed by atoms with Crippen molar-refractivity contribution in [3.63, 3.8) is 0 Å². The summed E-state index contributed by atoms with van der Waals surface area (Å²) in [6.45, 7) is 0. The van der Waals surface area contributed by atoms with E-state index in [1.54, 1.807) is 13.2 Å². The first-order chi connectivity index (χ1) is 8.67. The van der Waals surface area contributed by atoms with Crippen molar-refractivity contribution in [2.24, 2.45) is 0 Å². The average molecular weight is 248 g/mol. The molecule has 0 saturated carbocycles. The number of hydrogen-bond donors (Lipinski definition) is 2. The molecule has 0 bridgehead atoms. The van der Waals surface area contributed by atoms with Crippen LogP contribution in [-0.4, -0.2) is 34.4 Å². The summed E-state index contributed by atoms with van der Waals surface area (Å²) in [5.41, 5.74) is 1.80. The van der Waals surface area contributed by atoms with E-state index in [0.29, 0.717) is 6.42 Å². The normalized spacial score (nSPS) is 10.2. The molecule has 0 aliphatic carbocycles. The predicted octanol–water partition coefficient (Wildman–Crippen LogP) is -0.119. The molecule has 0 fully saturated rings. The minimum Gasteiger partial charge on any atom is -0.497 e. The van der Waals surface area contributed by atoms with Crippen LogP contribution in [0.4, 0.5) is 0 Å². The van der Waals surface area contributed by atoms with E-state index in [4.69, 9.17) is 14.8 Å². The number of hydrogen-bond acceptors (Lipinski definition) is 5. The minimum atomic E-state index is -1.88. The summed E-state index contributed by atoms with van der Waals surface area (Å²) in [5.74, 6) is 0.786. The molecular weight excluding hydrogens is 235 g/mol. The molecule has 0 radical (unpaired) electrons. The van der Waals surface area contributed by atoms with Gasteiger partial charge in [-0.1, -0.05) is 12.1 Å². The maximum atomic E-state index is 8.63. The van der Waals surface area contributed by atoms with Crippen LogP contribution in [0.2, 0.25) is 0 Å². The van der Waals surface area contributed by atoms with Crippen LogP contribution in [-0.2, 0) is 6.42 Å². The lowest BCUT2D eigenvalue weighted by Crippen LogP contribution is -2.29. The lowest BCUT2D eigenvalue weighted by Gasteiger charge is -2.03. The Kier molecular flexibility index (Phi) is 3.86. The van der Waals surface area contributed by atoms with Crippen LogP contribution in [0.1, 0.15) is 11.3 Å². The van der Waals surface area contributed by atoms with Crippen molar-refractivity contribution < 1.29 is 19.5 Å². The van der Waals surface area contributed by atoms with Crippen LogP contribution in [0.5, 0.6) is 5.75 Å². The highest BCUT2D eigenvalue weighted by atomic mass is 16.7. The molecule has 1 aromatic carbocycles. The second-order valence-electron chi connectivity index (χ2n) is 3.67. The highest BCUT2D eigenvalue weighted by molar-refractivity contribution is 6.32. The highest BCUT2D eigenvalue weighted by Gasteiger charge is 2.12. The molecule has 0 aliphatic heterocycles. The molecule has 0 aliphatic rings. The number of aromatic nitrogens is 2. The number of ether oxygens (including phenoxy) is 1. The first kappa shape index (κ1) is 12.5. The summed E-state index contributed by atoms with van der Waals surface area (Å²) in [7, 11) is -0.265. The Morgan fingerprint density at radius 2 is 2.17 bits per heavy atom. The van der Waals surface area contributed by atoms with Gasteiger partial charge < -0.3 is 19.5 Å². The molecular formula is C11H13BN2O4. The van der Waals surface area contributed by atoms with Crippen molar-refractivity contribution >= 4 is 7.32 Å². The fraction of sp³-hybridized carbons (Fsp3) is 0.182. The molecule has 2 aromatic rings. The summed E-state index contributed by atoms with van der Waals surface area (Å²) in [5, 5.41) is 21.3. The molecule has 0 saturated heterocycles. The Morgan fingerprint density at radius 1 is 1.33 bits per heavy atom. The van der Waals surface area contributed by atoms with Gasteiger partial charge in [0, 0.05) is 6.42 Å². The summed E-state index contributed by atoms with van der Waals surface area (Å²) in [6, 6.07) is 9.39. The Labute approximate surface area is 105 Å². The van der Waals surface area contributed by atoms with Crippen molar-refractivity contribution in [2.45, 2.75) is 6.42 Å². The Hall–Kier alpha value is -1.99. The van der Waals surface area contributed by atoms with Crippen molar-refractivity contribution in [2.75, 3.05) is 7.11 Å². The zero-order valence-corrected chi connectivity index (χ0v) is 9.85. The monoisotopic (exact) mass is 248 g/mol. The van der Waals surface area contributed by atoms with E-state index in [1.807, 2.05) is 24.3 Å². The zero-order chi connectivity index (χ0) is 13.0.